The van der Waals surface area contributed by atoms with E-state index < -0.39 is 28.7 Å². The zero-order chi connectivity index (χ0) is 15.0. The molecule has 114 valence electrons. The van der Waals surface area contributed by atoms with Gasteiger partial charge in [0.25, 0.3) is 0 Å². The van der Waals surface area contributed by atoms with E-state index in [1.54, 1.807) is 5.38 Å². The van der Waals surface area contributed by atoms with Gasteiger partial charge in [0, 0.05) is 24.5 Å². The van der Waals surface area contributed by atoms with Gasteiger partial charge in [-0.3, -0.25) is 0 Å². The molecule has 2 N–H and O–H groups in total. The van der Waals surface area contributed by atoms with Crippen LogP contribution in [0.15, 0.2) is 16.3 Å². The Morgan fingerprint density at radius 3 is 2.75 bits per heavy atom. The van der Waals surface area contributed by atoms with Gasteiger partial charge in [-0.25, -0.2) is 8.42 Å². The van der Waals surface area contributed by atoms with E-state index in [0.717, 1.165) is 4.31 Å². The lowest BCUT2D eigenvalue weighted by Gasteiger charge is -2.32. The summed E-state index contributed by atoms with van der Waals surface area (Å²) >= 11 is 1.19. The van der Waals surface area contributed by atoms with Gasteiger partial charge in [0.15, 0.2) is 0 Å². The van der Waals surface area contributed by atoms with Crippen LogP contribution in [0.5, 0.6) is 0 Å². The molecule has 1 aliphatic rings. The molecule has 0 spiro atoms. The molecule has 0 radical (unpaired) electrons. The van der Waals surface area contributed by atoms with Crippen LogP contribution in [0.3, 0.4) is 0 Å². The van der Waals surface area contributed by atoms with Gasteiger partial charge >= 0.3 is 6.18 Å². The normalized spacial score (nSPS) is 22.1. The number of thiophene rings is 1. The van der Waals surface area contributed by atoms with E-state index in [9.17, 15) is 21.6 Å². The lowest BCUT2D eigenvalue weighted by molar-refractivity contribution is -0.182. The highest BCUT2D eigenvalue weighted by Gasteiger charge is 2.44. The molecule has 2 rings (SSSR count). The molecule has 0 bridgehead atoms. The van der Waals surface area contributed by atoms with Gasteiger partial charge in [-0.1, -0.05) is 0 Å². The SMILES string of the molecule is NCc1sccc1S(=O)(=O)N1CCCC(C(F)(F)F)C1. The van der Waals surface area contributed by atoms with Crippen LogP contribution >= 0.6 is 11.3 Å². The van der Waals surface area contributed by atoms with Crippen molar-refractivity contribution in [1.82, 2.24) is 4.31 Å². The Bertz CT molecular complexity index is 568. The van der Waals surface area contributed by atoms with E-state index in [-0.39, 0.29) is 30.8 Å². The molecule has 0 amide bonds. The van der Waals surface area contributed by atoms with E-state index >= 15 is 0 Å². The molecule has 1 unspecified atom stereocenters. The Labute approximate surface area is 119 Å². The molecule has 1 fully saturated rings. The smallest absolute Gasteiger partial charge is 0.326 e. The first-order chi connectivity index (χ1) is 9.26. The molecule has 0 saturated carbocycles. The number of rotatable bonds is 3. The molecule has 1 aromatic rings. The first-order valence-electron chi connectivity index (χ1n) is 6.10. The number of hydrogen-bond donors (Lipinski definition) is 1. The van der Waals surface area contributed by atoms with Crippen molar-refractivity contribution < 1.29 is 21.6 Å². The van der Waals surface area contributed by atoms with Crippen molar-refractivity contribution >= 4 is 21.4 Å². The minimum atomic E-state index is -4.36. The lowest BCUT2D eigenvalue weighted by atomic mass is 9.99. The third kappa shape index (κ3) is 3.00. The largest absolute Gasteiger partial charge is 0.393 e. The molecular weight excluding hydrogens is 313 g/mol. The summed E-state index contributed by atoms with van der Waals surface area (Å²) in [5, 5.41) is 1.58. The minimum absolute atomic E-state index is 0.0249. The van der Waals surface area contributed by atoms with Gasteiger partial charge in [-0.2, -0.15) is 17.5 Å². The van der Waals surface area contributed by atoms with Crippen LogP contribution in [0.2, 0.25) is 0 Å². The second-order valence-electron chi connectivity index (χ2n) is 4.66. The van der Waals surface area contributed by atoms with Crippen molar-refractivity contribution in [2.24, 2.45) is 11.7 Å². The average molecular weight is 328 g/mol. The number of piperidine rings is 1. The molecule has 1 atom stereocenters. The van der Waals surface area contributed by atoms with E-state index in [4.69, 9.17) is 5.73 Å². The van der Waals surface area contributed by atoms with Gasteiger partial charge < -0.3 is 5.73 Å². The van der Waals surface area contributed by atoms with Crippen LogP contribution in [0.4, 0.5) is 13.2 Å². The fraction of sp³-hybridized carbons (Fsp3) is 0.636. The third-order valence-corrected chi connectivity index (χ3v) is 6.38. The summed E-state index contributed by atoms with van der Waals surface area (Å²) in [6.45, 7) is -0.330. The number of nitrogens with two attached hydrogens (primary N) is 1. The highest BCUT2D eigenvalue weighted by atomic mass is 32.2. The third-order valence-electron chi connectivity index (χ3n) is 3.35. The Morgan fingerprint density at radius 2 is 2.15 bits per heavy atom. The zero-order valence-electron chi connectivity index (χ0n) is 10.6. The second kappa shape index (κ2) is 5.63. The van der Waals surface area contributed by atoms with Gasteiger partial charge in [-0.05, 0) is 24.3 Å². The summed E-state index contributed by atoms with van der Waals surface area (Å²) in [5.74, 6) is -1.59. The molecular formula is C11H15F3N2O2S2. The molecule has 9 heteroatoms. The number of sulfonamides is 1. The summed E-state index contributed by atoms with van der Waals surface area (Å²) in [4.78, 5) is 0.506. The van der Waals surface area contributed by atoms with Crippen LogP contribution in [0, 0.1) is 5.92 Å². The molecule has 4 nitrogen and oxygen atoms in total. The molecule has 2 heterocycles. The monoisotopic (exact) mass is 328 g/mol. The van der Waals surface area contributed by atoms with Crippen LogP contribution in [-0.4, -0.2) is 32.0 Å². The maximum atomic E-state index is 12.8. The van der Waals surface area contributed by atoms with Crippen LogP contribution < -0.4 is 5.73 Å². The van der Waals surface area contributed by atoms with Crippen molar-refractivity contribution in [2.45, 2.75) is 30.5 Å². The molecule has 20 heavy (non-hydrogen) atoms. The van der Waals surface area contributed by atoms with Gasteiger partial charge in [-0.15, -0.1) is 11.3 Å². The first kappa shape index (κ1) is 15.7. The number of halogens is 3. The van der Waals surface area contributed by atoms with Crippen molar-refractivity contribution in [1.29, 1.82) is 0 Å². The topological polar surface area (TPSA) is 63.4 Å². The van der Waals surface area contributed by atoms with Crippen LogP contribution in [0.1, 0.15) is 17.7 Å². The standard InChI is InChI=1S/C11H15F3N2O2S2/c12-11(13,14)8-2-1-4-16(7-8)20(17,18)10-3-5-19-9(10)6-15/h3,5,8H,1-2,4,6-7,15H2. The van der Waals surface area contributed by atoms with Gasteiger partial charge in [0.2, 0.25) is 10.0 Å². The Hall–Kier alpha value is -0.640. The van der Waals surface area contributed by atoms with E-state index in [1.807, 2.05) is 0 Å². The summed E-state index contributed by atoms with van der Waals surface area (Å²) in [7, 11) is -3.89. The second-order valence-corrected chi connectivity index (χ2v) is 7.56. The predicted octanol–water partition coefficient (Wildman–Crippen LogP) is 2.17. The molecule has 1 aromatic heterocycles. The number of nitrogens with zero attached hydrogens (tertiary/aromatic N) is 1. The van der Waals surface area contributed by atoms with Crippen LogP contribution in [-0.2, 0) is 16.6 Å². The van der Waals surface area contributed by atoms with Crippen molar-refractivity contribution in [3.8, 4) is 0 Å². The molecule has 1 aliphatic heterocycles. The van der Waals surface area contributed by atoms with E-state index in [1.165, 1.54) is 17.4 Å². The Morgan fingerprint density at radius 1 is 1.45 bits per heavy atom. The fourth-order valence-electron chi connectivity index (χ4n) is 2.27. The highest BCUT2D eigenvalue weighted by molar-refractivity contribution is 7.89. The van der Waals surface area contributed by atoms with E-state index in [0.29, 0.717) is 4.88 Å². The maximum Gasteiger partial charge on any atom is 0.393 e. The lowest BCUT2D eigenvalue weighted by Crippen LogP contribution is -2.44. The highest BCUT2D eigenvalue weighted by Crippen LogP contribution is 2.35. The maximum absolute atomic E-state index is 12.8. The number of alkyl halides is 3. The molecule has 0 aliphatic carbocycles. The molecule has 1 saturated heterocycles. The number of hydrogen-bond acceptors (Lipinski definition) is 4. The summed E-state index contributed by atoms with van der Waals surface area (Å²) in [6.07, 6.45) is -4.17. The van der Waals surface area contributed by atoms with Crippen molar-refractivity contribution in [3.05, 3.63) is 16.3 Å². The zero-order valence-corrected chi connectivity index (χ0v) is 12.2. The van der Waals surface area contributed by atoms with E-state index in [2.05, 4.69) is 0 Å². The molecule has 0 aromatic carbocycles. The van der Waals surface area contributed by atoms with Crippen molar-refractivity contribution in [2.75, 3.05) is 13.1 Å². The minimum Gasteiger partial charge on any atom is -0.326 e. The fourth-order valence-corrected chi connectivity index (χ4v) is 5.10. The Balaban J connectivity index is 2.26. The predicted molar refractivity (Wildman–Crippen MR) is 69.7 cm³/mol. The summed E-state index contributed by atoms with van der Waals surface area (Å²) < 4.78 is 64.0. The summed E-state index contributed by atoms with van der Waals surface area (Å²) in [5.41, 5.74) is 5.47. The first-order valence-corrected chi connectivity index (χ1v) is 8.42. The summed E-state index contributed by atoms with van der Waals surface area (Å²) in [6, 6.07) is 1.40. The van der Waals surface area contributed by atoms with Gasteiger partial charge in [0.05, 0.1) is 10.8 Å². The quantitative estimate of drug-likeness (QED) is 0.925. The van der Waals surface area contributed by atoms with Gasteiger partial charge in [0.1, 0.15) is 0 Å². The van der Waals surface area contributed by atoms with Crippen molar-refractivity contribution in [3.63, 3.8) is 0 Å². The Kier molecular flexibility index (Phi) is 4.43. The average Bonchev–Trinajstić information content (AvgIpc) is 2.87. The van der Waals surface area contributed by atoms with Crippen LogP contribution in [0.25, 0.3) is 0 Å².